The van der Waals surface area contributed by atoms with Crippen molar-refractivity contribution in [3.63, 3.8) is 0 Å². The maximum absolute atomic E-state index is 11.2. The van der Waals surface area contributed by atoms with Gasteiger partial charge in [-0.05, 0) is 24.0 Å². The Balaban J connectivity index is 2.06. The molecular formula is C20H28O7. The van der Waals surface area contributed by atoms with Crippen LogP contribution in [0.4, 0.5) is 0 Å². The molecule has 0 amide bonds. The van der Waals surface area contributed by atoms with Crippen molar-refractivity contribution in [1.82, 2.24) is 0 Å². The summed E-state index contributed by atoms with van der Waals surface area (Å²) in [6.45, 7) is 2.23. The fourth-order valence-corrected chi connectivity index (χ4v) is 2.95. The molecule has 1 aliphatic heterocycles. The first-order chi connectivity index (χ1) is 12.9. The Hall–Kier alpha value is -1.77. The van der Waals surface area contributed by atoms with E-state index in [2.05, 4.69) is 6.92 Å². The zero-order valence-corrected chi connectivity index (χ0v) is 15.4. The highest BCUT2D eigenvalue weighted by molar-refractivity contribution is 5.73. The van der Waals surface area contributed by atoms with Crippen LogP contribution in [0.2, 0.25) is 0 Å². The molecule has 0 spiro atoms. The van der Waals surface area contributed by atoms with Gasteiger partial charge in [0.05, 0.1) is 6.61 Å². The largest absolute Gasteiger partial charge is 0.479 e. The third kappa shape index (κ3) is 6.12. The zero-order chi connectivity index (χ0) is 19.8. The maximum Gasteiger partial charge on any atom is 0.335 e. The quantitative estimate of drug-likeness (QED) is 0.480. The molecule has 2 rings (SSSR count). The molecule has 1 aromatic carbocycles. The summed E-state index contributed by atoms with van der Waals surface area (Å²) >= 11 is 0. The number of unbranched alkanes of at least 4 members (excludes halogenated alkanes) is 2. The summed E-state index contributed by atoms with van der Waals surface area (Å²) in [7, 11) is 0. The van der Waals surface area contributed by atoms with E-state index in [1.165, 1.54) is 0 Å². The third-order valence-corrected chi connectivity index (χ3v) is 4.52. The van der Waals surface area contributed by atoms with Gasteiger partial charge in [-0.3, -0.25) is 0 Å². The van der Waals surface area contributed by atoms with Gasteiger partial charge in [0.25, 0.3) is 0 Å². The van der Waals surface area contributed by atoms with Crippen molar-refractivity contribution in [3.05, 3.63) is 41.5 Å². The van der Waals surface area contributed by atoms with E-state index in [0.717, 1.165) is 36.8 Å². The second kappa shape index (κ2) is 10.5. The van der Waals surface area contributed by atoms with Crippen LogP contribution in [0.1, 0.15) is 38.2 Å². The van der Waals surface area contributed by atoms with Gasteiger partial charge in [-0.25, -0.2) is 4.79 Å². The smallest absolute Gasteiger partial charge is 0.335 e. The standard InChI is InChI=1S/C20H28O7/c1-2-3-5-10-14(11-13-8-6-4-7-9-13)12-26-20-17(23)15(21)16(22)18(27-20)19(24)25/h4,6-9,11,15-18,20-23H,2-3,5,10,12H2,1H3,(H,24,25)/b14-11-. The van der Waals surface area contributed by atoms with Crippen molar-refractivity contribution in [1.29, 1.82) is 0 Å². The SMILES string of the molecule is CCCCC/C(=C/c1ccccc1)COC1OC(C(=O)O)C(O)C(O)C1O. The Morgan fingerprint density at radius 2 is 1.81 bits per heavy atom. The highest BCUT2D eigenvalue weighted by Crippen LogP contribution is 2.24. The Morgan fingerprint density at radius 3 is 2.44 bits per heavy atom. The van der Waals surface area contributed by atoms with Crippen LogP contribution in [0, 0.1) is 0 Å². The van der Waals surface area contributed by atoms with Crippen LogP contribution in [0.25, 0.3) is 6.08 Å². The van der Waals surface area contributed by atoms with E-state index in [9.17, 15) is 20.1 Å². The lowest BCUT2D eigenvalue weighted by Gasteiger charge is -2.38. The summed E-state index contributed by atoms with van der Waals surface area (Å²) in [6.07, 6.45) is -2.01. The lowest BCUT2D eigenvalue weighted by Crippen LogP contribution is -2.60. The molecule has 0 bridgehead atoms. The van der Waals surface area contributed by atoms with Gasteiger partial charge < -0.3 is 29.9 Å². The number of aliphatic carboxylic acids is 1. The molecule has 1 heterocycles. The van der Waals surface area contributed by atoms with E-state index in [1.807, 2.05) is 36.4 Å². The lowest BCUT2D eigenvalue weighted by atomic mass is 9.99. The van der Waals surface area contributed by atoms with Crippen molar-refractivity contribution in [2.24, 2.45) is 0 Å². The van der Waals surface area contributed by atoms with Crippen molar-refractivity contribution in [2.75, 3.05) is 6.61 Å². The average molecular weight is 380 g/mol. The molecule has 1 fully saturated rings. The molecule has 7 heteroatoms. The first kappa shape index (κ1) is 21.5. The van der Waals surface area contributed by atoms with Crippen LogP contribution >= 0.6 is 0 Å². The molecule has 5 atom stereocenters. The predicted molar refractivity (Wildman–Crippen MR) is 98.8 cm³/mol. The maximum atomic E-state index is 11.2. The molecule has 1 aliphatic rings. The molecule has 150 valence electrons. The summed E-state index contributed by atoms with van der Waals surface area (Å²) in [5.74, 6) is -1.43. The monoisotopic (exact) mass is 380 g/mol. The number of aliphatic hydroxyl groups excluding tert-OH is 3. The number of hydrogen-bond donors (Lipinski definition) is 4. The average Bonchev–Trinajstić information content (AvgIpc) is 2.66. The normalized spacial score (nSPS) is 28.9. The fraction of sp³-hybridized carbons (Fsp3) is 0.550. The van der Waals surface area contributed by atoms with Crippen molar-refractivity contribution in [2.45, 2.75) is 63.3 Å². The molecule has 1 saturated heterocycles. The van der Waals surface area contributed by atoms with Gasteiger partial charge in [-0.1, -0.05) is 56.2 Å². The summed E-state index contributed by atoms with van der Waals surface area (Å²) in [4.78, 5) is 11.2. The first-order valence-electron chi connectivity index (χ1n) is 9.22. The molecule has 7 nitrogen and oxygen atoms in total. The number of aliphatic hydroxyl groups is 3. The Morgan fingerprint density at radius 1 is 1.11 bits per heavy atom. The predicted octanol–water partition coefficient (Wildman–Crippen LogP) is 1.56. The Bertz CT molecular complexity index is 616. The van der Waals surface area contributed by atoms with Gasteiger partial charge in [0.2, 0.25) is 0 Å². The zero-order valence-electron chi connectivity index (χ0n) is 15.4. The molecule has 27 heavy (non-hydrogen) atoms. The van der Waals surface area contributed by atoms with E-state index in [0.29, 0.717) is 0 Å². The molecule has 0 aromatic heterocycles. The van der Waals surface area contributed by atoms with Crippen LogP contribution in [0.15, 0.2) is 35.9 Å². The number of rotatable bonds is 9. The highest BCUT2D eigenvalue weighted by Gasteiger charge is 2.47. The number of benzene rings is 1. The fourth-order valence-electron chi connectivity index (χ4n) is 2.95. The molecular weight excluding hydrogens is 352 g/mol. The van der Waals surface area contributed by atoms with Gasteiger partial charge in [0.1, 0.15) is 18.3 Å². The second-order valence-electron chi connectivity index (χ2n) is 6.72. The molecule has 0 saturated carbocycles. The van der Waals surface area contributed by atoms with Crippen molar-refractivity contribution in [3.8, 4) is 0 Å². The van der Waals surface area contributed by atoms with E-state index < -0.39 is 36.7 Å². The second-order valence-corrected chi connectivity index (χ2v) is 6.72. The van der Waals surface area contributed by atoms with Crippen LogP contribution < -0.4 is 0 Å². The molecule has 0 aliphatic carbocycles. The van der Waals surface area contributed by atoms with E-state index >= 15 is 0 Å². The number of ether oxygens (including phenoxy) is 2. The summed E-state index contributed by atoms with van der Waals surface area (Å²) in [6, 6.07) is 9.72. The van der Waals surface area contributed by atoms with Crippen LogP contribution in [0.3, 0.4) is 0 Å². The minimum absolute atomic E-state index is 0.121. The lowest BCUT2D eigenvalue weighted by molar-refractivity contribution is -0.292. The van der Waals surface area contributed by atoms with Crippen molar-refractivity contribution >= 4 is 12.0 Å². The van der Waals surface area contributed by atoms with Crippen LogP contribution in [-0.4, -0.2) is 63.7 Å². The summed E-state index contributed by atoms with van der Waals surface area (Å²) in [5.41, 5.74) is 1.98. The topological polar surface area (TPSA) is 116 Å². The van der Waals surface area contributed by atoms with Crippen LogP contribution in [0.5, 0.6) is 0 Å². The van der Waals surface area contributed by atoms with Crippen molar-refractivity contribution < 1.29 is 34.7 Å². The molecule has 0 radical (unpaired) electrons. The van der Waals surface area contributed by atoms with Gasteiger partial charge in [-0.15, -0.1) is 0 Å². The minimum Gasteiger partial charge on any atom is -0.479 e. The van der Waals surface area contributed by atoms with E-state index in [4.69, 9.17) is 14.6 Å². The number of hydrogen-bond acceptors (Lipinski definition) is 6. The van der Waals surface area contributed by atoms with E-state index in [1.54, 1.807) is 0 Å². The molecule has 1 aromatic rings. The Kier molecular flexibility index (Phi) is 8.40. The first-order valence-corrected chi connectivity index (χ1v) is 9.22. The van der Waals surface area contributed by atoms with E-state index in [-0.39, 0.29) is 6.61 Å². The summed E-state index contributed by atoms with van der Waals surface area (Å²) < 4.78 is 10.7. The number of carboxylic acid groups (broad SMARTS) is 1. The van der Waals surface area contributed by atoms with Gasteiger partial charge in [0, 0.05) is 0 Å². The molecule has 5 unspecified atom stereocenters. The van der Waals surface area contributed by atoms with Gasteiger partial charge >= 0.3 is 5.97 Å². The molecule has 4 N–H and O–H groups in total. The Labute approximate surface area is 158 Å². The number of carboxylic acids is 1. The van der Waals surface area contributed by atoms with Gasteiger partial charge in [-0.2, -0.15) is 0 Å². The third-order valence-electron chi connectivity index (χ3n) is 4.52. The highest BCUT2D eigenvalue weighted by atomic mass is 16.7. The number of carbonyl (C=O) groups is 1. The summed E-state index contributed by atoms with van der Waals surface area (Å²) in [5, 5.41) is 38.8. The minimum atomic E-state index is -1.72. The van der Waals surface area contributed by atoms with Gasteiger partial charge in [0.15, 0.2) is 12.4 Å². The van der Waals surface area contributed by atoms with Crippen LogP contribution in [-0.2, 0) is 14.3 Å².